The number of rotatable bonds is 5. The molecule has 0 bridgehead atoms. The van der Waals surface area contributed by atoms with Crippen LogP contribution in [0, 0.1) is 5.92 Å². The molecule has 0 atom stereocenters. The lowest BCUT2D eigenvalue weighted by atomic mass is 9.86. The van der Waals surface area contributed by atoms with E-state index in [0.717, 1.165) is 16.5 Å². The molecule has 4 rings (SSSR count). The van der Waals surface area contributed by atoms with Crippen molar-refractivity contribution >= 4 is 28.4 Å². The summed E-state index contributed by atoms with van der Waals surface area (Å²) in [7, 11) is 0. The number of carboxylic acids is 1. The first-order valence-electron chi connectivity index (χ1n) is 10.2. The monoisotopic (exact) mass is 404 g/mol. The topological polar surface area (TPSA) is 103 Å². The zero-order valence-corrected chi connectivity index (χ0v) is 16.8. The predicted molar refractivity (Wildman–Crippen MR) is 115 cm³/mol. The van der Waals surface area contributed by atoms with E-state index in [1.807, 2.05) is 30.3 Å². The van der Waals surface area contributed by atoms with Crippen LogP contribution in [0.25, 0.3) is 10.9 Å². The van der Waals surface area contributed by atoms with E-state index in [0.29, 0.717) is 42.5 Å². The number of nitrogens with one attached hydrogen (secondary N) is 1. The van der Waals surface area contributed by atoms with Crippen LogP contribution in [0.15, 0.2) is 53.5 Å². The maximum Gasteiger partial charge on any atom is 0.306 e. The van der Waals surface area contributed by atoms with Crippen molar-refractivity contribution in [1.82, 2.24) is 4.98 Å². The van der Waals surface area contributed by atoms with Gasteiger partial charge in [0, 0.05) is 22.0 Å². The molecule has 0 radical (unpaired) electrons. The number of aromatic hydroxyl groups is 1. The number of aromatic nitrogens is 1. The third-order valence-electron chi connectivity index (χ3n) is 5.83. The molecule has 6 heteroatoms. The van der Waals surface area contributed by atoms with E-state index >= 15 is 0 Å². The first-order chi connectivity index (χ1) is 14.4. The second kappa shape index (κ2) is 8.14. The second-order valence-corrected chi connectivity index (χ2v) is 7.85. The molecule has 0 unspecified atom stereocenters. The number of carbonyl (C=O) groups excluding carboxylic acids is 1. The smallest absolute Gasteiger partial charge is 0.306 e. The molecule has 6 nitrogen and oxygen atoms in total. The number of hydrogen-bond donors (Lipinski definition) is 3. The van der Waals surface area contributed by atoms with E-state index in [4.69, 9.17) is 4.99 Å². The van der Waals surface area contributed by atoms with E-state index in [9.17, 15) is 19.8 Å². The largest absolute Gasteiger partial charge is 0.494 e. The molecule has 30 heavy (non-hydrogen) atoms. The van der Waals surface area contributed by atoms with Gasteiger partial charge in [-0.1, -0.05) is 30.3 Å². The summed E-state index contributed by atoms with van der Waals surface area (Å²) in [6.07, 6.45) is 2.57. The average molecular weight is 404 g/mol. The minimum atomic E-state index is -0.744. The number of benzene rings is 2. The normalized spacial score (nSPS) is 19.7. The van der Waals surface area contributed by atoms with Gasteiger partial charge >= 0.3 is 5.97 Å². The van der Waals surface area contributed by atoms with Crippen molar-refractivity contribution in [3.05, 3.63) is 65.2 Å². The van der Waals surface area contributed by atoms with Gasteiger partial charge in [0.15, 0.2) is 11.7 Å². The molecular weight excluding hydrogens is 380 g/mol. The number of aromatic amines is 1. The average Bonchev–Trinajstić information content (AvgIpc) is 3.07. The summed E-state index contributed by atoms with van der Waals surface area (Å²) in [5, 5.41) is 20.7. The van der Waals surface area contributed by atoms with Crippen LogP contribution in [0.4, 0.5) is 0 Å². The molecule has 0 saturated heterocycles. The Kier molecular flexibility index (Phi) is 5.40. The molecule has 0 aliphatic heterocycles. The van der Waals surface area contributed by atoms with Crippen LogP contribution in [-0.4, -0.2) is 38.7 Å². The molecule has 0 spiro atoms. The van der Waals surface area contributed by atoms with Crippen molar-refractivity contribution in [2.24, 2.45) is 10.9 Å². The Morgan fingerprint density at radius 1 is 1.00 bits per heavy atom. The molecule has 3 aromatic rings. The van der Waals surface area contributed by atoms with Crippen molar-refractivity contribution in [2.75, 3.05) is 0 Å². The maximum atomic E-state index is 11.9. The number of Topliss-reactive ketones (excluding diaryl/α,β-unsaturated/α-hetero) is 1. The van der Waals surface area contributed by atoms with Crippen LogP contribution in [-0.2, 0) is 4.79 Å². The fraction of sp³-hybridized carbons (Fsp3) is 0.292. The molecule has 1 saturated carbocycles. The molecule has 2 aromatic carbocycles. The van der Waals surface area contributed by atoms with Crippen LogP contribution < -0.4 is 0 Å². The van der Waals surface area contributed by atoms with Crippen molar-refractivity contribution in [3.63, 3.8) is 0 Å². The number of carbonyl (C=O) groups is 2. The van der Waals surface area contributed by atoms with E-state index in [2.05, 4.69) is 4.98 Å². The molecule has 154 valence electrons. The van der Waals surface area contributed by atoms with Gasteiger partial charge in [0.2, 0.25) is 0 Å². The first-order valence-corrected chi connectivity index (χ1v) is 10.2. The molecule has 0 amide bonds. The zero-order chi connectivity index (χ0) is 21.3. The number of aliphatic carboxylic acids is 1. The Balaban J connectivity index is 1.82. The molecular formula is C24H24N2O4. The SMILES string of the molecule is CC(=O)c1ccc2[nH]c(O)c(C(=NC3CCC(C(=O)O)CC3)c3ccccc3)c2c1. The Morgan fingerprint density at radius 2 is 1.70 bits per heavy atom. The van der Waals surface area contributed by atoms with Gasteiger partial charge < -0.3 is 15.2 Å². The van der Waals surface area contributed by atoms with Crippen molar-refractivity contribution in [1.29, 1.82) is 0 Å². The van der Waals surface area contributed by atoms with E-state index in [1.165, 1.54) is 6.92 Å². The summed E-state index contributed by atoms with van der Waals surface area (Å²) in [6.45, 7) is 1.51. The van der Waals surface area contributed by atoms with E-state index in [-0.39, 0.29) is 23.6 Å². The summed E-state index contributed by atoms with van der Waals surface area (Å²) in [6, 6.07) is 14.9. The fourth-order valence-corrected chi connectivity index (χ4v) is 4.15. The van der Waals surface area contributed by atoms with Gasteiger partial charge in [-0.15, -0.1) is 0 Å². The highest BCUT2D eigenvalue weighted by Crippen LogP contribution is 2.33. The van der Waals surface area contributed by atoms with Crippen LogP contribution in [0.2, 0.25) is 0 Å². The lowest BCUT2D eigenvalue weighted by Crippen LogP contribution is -2.24. The summed E-state index contributed by atoms with van der Waals surface area (Å²) < 4.78 is 0. The van der Waals surface area contributed by atoms with Crippen molar-refractivity contribution in [2.45, 2.75) is 38.6 Å². The van der Waals surface area contributed by atoms with Crippen LogP contribution >= 0.6 is 0 Å². The Bertz CT molecular complexity index is 1120. The molecule has 1 heterocycles. The Hall–Kier alpha value is -3.41. The molecule has 1 aliphatic rings. The van der Waals surface area contributed by atoms with Gasteiger partial charge in [0.1, 0.15) is 0 Å². The number of aliphatic imine (C=N–C) groups is 1. The molecule has 3 N–H and O–H groups in total. The molecule has 1 fully saturated rings. The van der Waals surface area contributed by atoms with Crippen LogP contribution in [0.3, 0.4) is 0 Å². The zero-order valence-electron chi connectivity index (χ0n) is 16.8. The lowest BCUT2D eigenvalue weighted by Gasteiger charge is -2.24. The molecule has 1 aromatic heterocycles. The number of fused-ring (bicyclic) bond motifs is 1. The van der Waals surface area contributed by atoms with Gasteiger partial charge in [-0.05, 0) is 50.8 Å². The number of nitrogens with zero attached hydrogens (tertiary/aromatic N) is 1. The van der Waals surface area contributed by atoms with Gasteiger partial charge in [-0.25, -0.2) is 0 Å². The third kappa shape index (κ3) is 3.85. The second-order valence-electron chi connectivity index (χ2n) is 7.85. The van der Waals surface area contributed by atoms with Crippen LogP contribution in [0.1, 0.15) is 54.1 Å². The molecule has 1 aliphatic carbocycles. The number of ketones is 1. The van der Waals surface area contributed by atoms with Gasteiger partial charge in [0.25, 0.3) is 0 Å². The first kappa shape index (κ1) is 19.9. The highest BCUT2D eigenvalue weighted by atomic mass is 16.4. The minimum absolute atomic E-state index is 0.00697. The summed E-state index contributed by atoms with van der Waals surface area (Å²) in [5.74, 6) is -1.09. The summed E-state index contributed by atoms with van der Waals surface area (Å²) in [5.41, 5.74) is 3.38. The van der Waals surface area contributed by atoms with Gasteiger partial charge in [0.05, 0.1) is 23.2 Å². The Morgan fingerprint density at radius 3 is 2.33 bits per heavy atom. The van der Waals surface area contributed by atoms with Gasteiger partial charge in [-0.3, -0.25) is 14.6 Å². The third-order valence-corrected chi connectivity index (χ3v) is 5.83. The number of H-pyrrole nitrogens is 1. The summed E-state index contributed by atoms with van der Waals surface area (Å²) >= 11 is 0. The number of hydrogen-bond acceptors (Lipinski definition) is 4. The maximum absolute atomic E-state index is 11.9. The van der Waals surface area contributed by atoms with E-state index in [1.54, 1.807) is 18.2 Å². The quantitative estimate of drug-likeness (QED) is 0.428. The minimum Gasteiger partial charge on any atom is -0.494 e. The number of carboxylic acid groups (broad SMARTS) is 1. The van der Waals surface area contributed by atoms with Crippen LogP contribution in [0.5, 0.6) is 5.88 Å². The Labute approximate surface area is 174 Å². The fourth-order valence-electron chi connectivity index (χ4n) is 4.15. The van der Waals surface area contributed by atoms with Crippen molar-refractivity contribution < 1.29 is 19.8 Å². The predicted octanol–water partition coefficient (Wildman–Crippen LogP) is 4.56. The highest BCUT2D eigenvalue weighted by molar-refractivity contribution is 6.21. The van der Waals surface area contributed by atoms with E-state index < -0.39 is 5.97 Å². The van der Waals surface area contributed by atoms with Crippen molar-refractivity contribution in [3.8, 4) is 5.88 Å². The summed E-state index contributed by atoms with van der Waals surface area (Å²) in [4.78, 5) is 31.1. The highest BCUT2D eigenvalue weighted by Gasteiger charge is 2.27. The van der Waals surface area contributed by atoms with Gasteiger partial charge in [-0.2, -0.15) is 0 Å². The lowest BCUT2D eigenvalue weighted by molar-refractivity contribution is -0.142. The standard InChI is InChI=1S/C24H24N2O4/c1-14(27)17-9-12-20-19(13-17)21(23(28)26-20)22(15-5-3-2-4-6-15)25-18-10-7-16(8-11-18)24(29)30/h2-6,9,12-13,16,18,26,28H,7-8,10-11H2,1H3,(H,29,30).